The molecule has 0 saturated carbocycles. The summed E-state index contributed by atoms with van der Waals surface area (Å²) < 4.78 is 4.84. The normalized spacial score (nSPS) is 10.3. The van der Waals surface area contributed by atoms with Crippen LogP contribution >= 0.6 is 0 Å². The number of aromatic amines is 2. The van der Waals surface area contributed by atoms with Gasteiger partial charge in [0.15, 0.2) is 0 Å². The Bertz CT molecular complexity index is 429. The van der Waals surface area contributed by atoms with Crippen molar-refractivity contribution < 1.29 is 9.53 Å². The van der Waals surface area contributed by atoms with Gasteiger partial charge in [-0.2, -0.15) is 0 Å². The molecular formula is C9H12N2O4. The van der Waals surface area contributed by atoms with Gasteiger partial charge in [0.1, 0.15) is 5.69 Å². The summed E-state index contributed by atoms with van der Waals surface area (Å²) in [5.41, 5.74) is -1.49. The molecule has 1 aromatic rings. The molecule has 0 aliphatic carbocycles. The van der Waals surface area contributed by atoms with Gasteiger partial charge in [0, 0.05) is 6.07 Å². The van der Waals surface area contributed by atoms with Crippen LogP contribution in [-0.2, 0) is 4.74 Å². The van der Waals surface area contributed by atoms with Gasteiger partial charge >= 0.3 is 11.7 Å². The predicted octanol–water partition coefficient (Wildman–Crippen LogP) is -0.124. The van der Waals surface area contributed by atoms with Crippen LogP contribution in [0.5, 0.6) is 0 Å². The number of carbonyl (C=O) groups is 1. The average Bonchev–Trinajstić information content (AvgIpc) is 2.12. The zero-order valence-corrected chi connectivity index (χ0v) is 8.49. The minimum absolute atomic E-state index is 0.135. The molecule has 0 saturated heterocycles. The lowest BCUT2D eigenvalue weighted by Gasteiger charge is -2.05. The van der Waals surface area contributed by atoms with Crippen molar-refractivity contribution in [3.8, 4) is 0 Å². The van der Waals surface area contributed by atoms with Crippen LogP contribution in [0.15, 0.2) is 15.7 Å². The molecule has 15 heavy (non-hydrogen) atoms. The quantitative estimate of drug-likeness (QED) is 0.683. The lowest BCUT2D eigenvalue weighted by molar-refractivity contribution is 0.0451. The fourth-order valence-corrected chi connectivity index (χ4v) is 0.899. The molecule has 1 heterocycles. The minimum Gasteiger partial charge on any atom is -0.461 e. The van der Waals surface area contributed by atoms with Gasteiger partial charge < -0.3 is 9.72 Å². The topological polar surface area (TPSA) is 92.0 Å². The van der Waals surface area contributed by atoms with E-state index in [0.717, 1.165) is 6.07 Å². The lowest BCUT2D eigenvalue weighted by Crippen LogP contribution is -2.26. The first-order valence-corrected chi connectivity index (χ1v) is 4.50. The molecule has 0 fully saturated rings. The van der Waals surface area contributed by atoms with E-state index >= 15 is 0 Å². The minimum atomic E-state index is -0.723. The molecule has 0 bridgehead atoms. The number of carbonyl (C=O) groups excluding carboxylic acids is 1. The van der Waals surface area contributed by atoms with Gasteiger partial charge in [-0.05, 0) is 5.92 Å². The maximum Gasteiger partial charge on any atom is 0.355 e. The summed E-state index contributed by atoms with van der Waals surface area (Å²) in [5.74, 6) is -0.505. The maximum absolute atomic E-state index is 11.3. The first kappa shape index (κ1) is 11.2. The summed E-state index contributed by atoms with van der Waals surface area (Å²) in [6.45, 7) is 4.01. The number of nitrogens with one attached hydrogen (secondary N) is 2. The molecule has 6 nitrogen and oxygen atoms in total. The van der Waals surface area contributed by atoms with E-state index in [4.69, 9.17) is 4.74 Å². The fraction of sp³-hybridized carbons (Fsp3) is 0.444. The second-order valence-electron chi connectivity index (χ2n) is 3.49. The summed E-state index contributed by atoms with van der Waals surface area (Å²) >= 11 is 0. The van der Waals surface area contributed by atoms with Crippen molar-refractivity contribution in [2.75, 3.05) is 6.61 Å². The van der Waals surface area contributed by atoms with Gasteiger partial charge in [-0.15, -0.1) is 0 Å². The van der Waals surface area contributed by atoms with E-state index in [-0.39, 0.29) is 18.2 Å². The number of ether oxygens (including phenoxy) is 1. The third-order valence-corrected chi connectivity index (χ3v) is 1.53. The van der Waals surface area contributed by atoms with Crippen molar-refractivity contribution in [3.63, 3.8) is 0 Å². The van der Waals surface area contributed by atoms with Gasteiger partial charge in [0.05, 0.1) is 6.61 Å². The number of hydrogen-bond donors (Lipinski definition) is 2. The monoisotopic (exact) mass is 212 g/mol. The second kappa shape index (κ2) is 4.59. The Morgan fingerprint density at radius 2 is 2.07 bits per heavy atom. The van der Waals surface area contributed by atoms with Crippen LogP contribution in [0.25, 0.3) is 0 Å². The fourth-order valence-electron chi connectivity index (χ4n) is 0.899. The smallest absolute Gasteiger partial charge is 0.355 e. The number of H-pyrrole nitrogens is 2. The first-order valence-electron chi connectivity index (χ1n) is 4.50. The molecule has 6 heteroatoms. The molecule has 0 aromatic carbocycles. The Balaban J connectivity index is 2.83. The Labute approximate surface area is 85.3 Å². The summed E-state index contributed by atoms with van der Waals surface area (Å²) in [7, 11) is 0. The van der Waals surface area contributed by atoms with Crippen molar-refractivity contribution in [1.29, 1.82) is 0 Å². The number of aromatic nitrogens is 2. The Morgan fingerprint density at radius 3 is 2.60 bits per heavy atom. The first-order chi connectivity index (χ1) is 6.99. The van der Waals surface area contributed by atoms with E-state index in [2.05, 4.69) is 4.98 Å². The van der Waals surface area contributed by atoms with Gasteiger partial charge in [-0.3, -0.25) is 9.78 Å². The molecule has 2 N–H and O–H groups in total. The Kier molecular flexibility index (Phi) is 3.43. The molecule has 1 aromatic heterocycles. The summed E-state index contributed by atoms with van der Waals surface area (Å²) in [6, 6.07) is 0.990. The summed E-state index contributed by atoms with van der Waals surface area (Å²) in [6.07, 6.45) is 0. The van der Waals surface area contributed by atoms with E-state index in [1.165, 1.54) is 0 Å². The largest absolute Gasteiger partial charge is 0.461 e. The molecule has 82 valence electrons. The van der Waals surface area contributed by atoms with E-state index in [1.54, 1.807) is 0 Å². The molecule has 0 radical (unpaired) electrons. The summed E-state index contributed by atoms with van der Waals surface area (Å²) in [4.78, 5) is 37.2. The predicted molar refractivity (Wildman–Crippen MR) is 52.8 cm³/mol. The standard InChI is InChI=1S/C9H12N2O4/c1-5(2)4-15-8(13)6-3-7(12)11-9(14)10-6/h3,5H,4H2,1-2H3,(H2,10,11,12,14). The lowest BCUT2D eigenvalue weighted by atomic mass is 10.2. The van der Waals surface area contributed by atoms with Gasteiger partial charge in [-0.25, -0.2) is 9.59 Å². The van der Waals surface area contributed by atoms with Gasteiger partial charge in [0.2, 0.25) is 0 Å². The zero-order valence-electron chi connectivity index (χ0n) is 8.49. The zero-order chi connectivity index (χ0) is 11.4. The van der Waals surface area contributed by atoms with E-state index in [0.29, 0.717) is 0 Å². The third kappa shape index (κ3) is 3.41. The number of esters is 1. The number of rotatable bonds is 3. The van der Waals surface area contributed by atoms with Crippen molar-refractivity contribution >= 4 is 5.97 Å². The van der Waals surface area contributed by atoms with Crippen LogP contribution in [-0.4, -0.2) is 22.5 Å². The molecule has 0 aliphatic rings. The van der Waals surface area contributed by atoms with Crippen LogP contribution in [0.4, 0.5) is 0 Å². The highest BCUT2D eigenvalue weighted by molar-refractivity contribution is 5.86. The van der Waals surface area contributed by atoms with Crippen molar-refractivity contribution in [2.24, 2.45) is 5.92 Å². The molecule has 0 unspecified atom stereocenters. The van der Waals surface area contributed by atoms with Gasteiger partial charge in [0.25, 0.3) is 5.56 Å². The molecule has 0 atom stereocenters. The average molecular weight is 212 g/mol. The highest BCUT2D eigenvalue weighted by Crippen LogP contribution is 1.97. The van der Waals surface area contributed by atoms with Crippen LogP contribution in [0, 0.1) is 5.92 Å². The highest BCUT2D eigenvalue weighted by atomic mass is 16.5. The summed E-state index contributed by atoms with van der Waals surface area (Å²) in [5, 5.41) is 0. The van der Waals surface area contributed by atoms with Crippen LogP contribution in [0.3, 0.4) is 0 Å². The maximum atomic E-state index is 11.3. The van der Waals surface area contributed by atoms with Crippen LogP contribution in [0.2, 0.25) is 0 Å². The van der Waals surface area contributed by atoms with Crippen molar-refractivity contribution in [2.45, 2.75) is 13.8 Å². The molecule has 0 amide bonds. The van der Waals surface area contributed by atoms with Crippen molar-refractivity contribution in [1.82, 2.24) is 9.97 Å². The van der Waals surface area contributed by atoms with E-state index in [9.17, 15) is 14.4 Å². The molecule has 1 rings (SSSR count). The molecule has 0 spiro atoms. The Hall–Kier alpha value is -1.85. The number of hydrogen-bond acceptors (Lipinski definition) is 4. The highest BCUT2D eigenvalue weighted by Gasteiger charge is 2.09. The SMILES string of the molecule is CC(C)COC(=O)c1cc(=O)[nH]c(=O)[nH]1. The second-order valence-corrected chi connectivity index (χ2v) is 3.49. The van der Waals surface area contributed by atoms with E-state index in [1.807, 2.05) is 18.8 Å². The van der Waals surface area contributed by atoms with Crippen LogP contribution in [0.1, 0.15) is 24.3 Å². The van der Waals surface area contributed by atoms with Crippen LogP contribution < -0.4 is 11.2 Å². The molecule has 0 aliphatic heterocycles. The van der Waals surface area contributed by atoms with Gasteiger partial charge in [-0.1, -0.05) is 13.8 Å². The van der Waals surface area contributed by atoms with E-state index < -0.39 is 17.2 Å². The Morgan fingerprint density at radius 1 is 1.40 bits per heavy atom. The third-order valence-electron chi connectivity index (χ3n) is 1.53. The van der Waals surface area contributed by atoms with Crippen molar-refractivity contribution in [3.05, 3.63) is 32.6 Å². The molecular weight excluding hydrogens is 200 g/mol.